The van der Waals surface area contributed by atoms with Crippen LogP contribution in [0.2, 0.25) is 5.02 Å². The van der Waals surface area contributed by atoms with Crippen LogP contribution < -0.4 is 19.7 Å². The lowest BCUT2D eigenvalue weighted by Gasteiger charge is -2.28. The minimum absolute atomic E-state index is 0.202. The number of methoxy groups -OCH3 is 1. The predicted molar refractivity (Wildman–Crippen MR) is 138 cm³/mol. The number of ether oxygens (including phenoxy) is 2. The molecule has 184 valence electrons. The summed E-state index contributed by atoms with van der Waals surface area (Å²) in [5.41, 5.74) is 3.55. The minimum Gasteiger partial charge on any atom is -0.493 e. The fraction of sp³-hybridized carbons (Fsp3) is 0.179. The molecule has 0 saturated carbocycles. The second-order valence-corrected chi connectivity index (χ2v) is 8.66. The van der Waals surface area contributed by atoms with Crippen molar-refractivity contribution in [3.8, 4) is 11.5 Å². The Bertz CT molecular complexity index is 1380. The fourth-order valence-electron chi connectivity index (χ4n) is 3.99. The molecule has 7 nitrogen and oxygen atoms in total. The van der Waals surface area contributed by atoms with Crippen molar-refractivity contribution in [1.82, 2.24) is 5.32 Å². The highest BCUT2D eigenvalue weighted by atomic mass is 35.5. The molecule has 0 radical (unpaired) electrons. The van der Waals surface area contributed by atoms with Crippen molar-refractivity contribution in [3.05, 3.63) is 93.5 Å². The number of rotatable bonds is 7. The van der Waals surface area contributed by atoms with E-state index in [0.717, 1.165) is 21.6 Å². The molecule has 1 aliphatic rings. The van der Waals surface area contributed by atoms with Gasteiger partial charge in [-0.2, -0.15) is 0 Å². The lowest BCUT2D eigenvalue weighted by atomic mass is 10.0. The van der Waals surface area contributed by atoms with E-state index in [0.29, 0.717) is 29.2 Å². The van der Waals surface area contributed by atoms with E-state index in [1.165, 1.54) is 13.2 Å². The average molecular weight is 505 g/mol. The van der Waals surface area contributed by atoms with Crippen LogP contribution in [0.1, 0.15) is 29.2 Å². The van der Waals surface area contributed by atoms with Crippen LogP contribution in [0.25, 0.3) is 6.08 Å². The number of benzene rings is 3. The molecule has 3 aromatic rings. The number of para-hydroxylation sites is 1. The number of nitrogens with one attached hydrogen (secondary N) is 1. The first-order valence-corrected chi connectivity index (χ1v) is 11.8. The maximum Gasteiger partial charge on any atom is 0.335 e. The van der Waals surface area contributed by atoms with Gasteiger partial charge in [-0.05, 0) is 54.3 Å². The van der Waals surface area contributed by atoms with E-state index < -0.39 is 17.8 Å². The zero-order chi connectivity index (χ0) is 25.8. The summed E-state index contributed by atoms with van der Waals surface area (Å²) in [4.78, 5) is 39.5. The Kier molecular flexibility index (Phi) is 7.41. The number of halogens is 1. The van der Waals surface area contributed by atoms with Crippen LogP contribution in [0.3, 0.4) is 0 Å². The Labute approximate surface area is 214 Å². The first kappa shape index (κ1) is 25.0. The molecule has 1 heterocycles. The van der Waals surface area contributed by atoms with E-state index in [2.05, 4.69) is 5.32 Å². The predicted octanol–water partition coefficient (Wildman–Crippen LogP) is 5.46. The summed E-state index contributed by atoms with van der Waals surface area (Å²) in [6.45, 7) is 4.20. The monoisotopic (exact) mass is 504 g/mol. The molecular weight excluding hydrogens is 480 g/mol. The van der Waals surface area contributed by atoms with Crippen LogP contribution in [0.15, 0.2) is 66.2 Å². The fourth-order valence-corrected chi connectivity index (χ4v) is 4.27. The lowest BCUT2D eigenvalue weighted by molar-refractivity contribution is -0.122. The summed E-state index contributed by atoms with van der Waals surface area (Å²) < 4.78 is 11.4. The maximum atomic E-state index is 13.3. The number of imide groups is 2. The smallest absolute Gasteiger partial charge is 0.335 e. The Morgan fingerprint density at radius 3 is 2.53 bits per heavy atom. The van der Waals surface area contributed by atoms with Crippen LogP contribution in [-0.4, -0.2) is 25.0 Å². The van der Waals surface area contributed by atoms with E-state index in [1.807, 2.05) is 50.2 Å². The molecule has 1 N–H and O–H groups in total. The molecule has 4 amide bonds. The second-order valence-electron chi connectivity index (χ2n) is 8.25. The average Bonchev–Trinajstić information content (AvgIpc) is 2.86. The van der Waals surface area contributed by atoms with E-state index in [4.69, 9.17) is 21.1 Å². The highest BCUT2D eigenvalue weighted by Crippen LogP contribution is 2.38. The van der Waals surface area contributed by atoms with Crippen LogP contribution >= 0.6 is 11.6 Å². The molecule has 1 fully saturated rings. The number of carbonyl (C=O) groups is 3. The number of amides is 4. The van der Waals surface area contributed by atoms with Crippen molar-refractivity contribution in [1.29, 1.82) is 0 Å². The molecule has 1 aliphatic heterocycles. The molecule has 36 heavy (non-hydrogen) atoms. The highest BCUT2D eigenvalue weighted by Gasteiger charge is 2.37. The maximum absolute atomic E-state index is 13.3. The van der Waals surface area contributed by atoms with Crippen molar-refractivity contribution in [2.45, 2.75) is 26.9 Å². The standard InChI is InChI=1S/C28H25ClN2O5/c1-4-20-10-5-6-11-23(20)31-27(33)21(26(32)30-28(31)34)13-19-14-22(29)25(24(15-19)35-3)36-16-18-9-7-8-17(2)12-18/h5-15H,4,16H2,1-3H3,(H,30,32,34)/b21-13-. The van der Waals surface area contributed by atoms with E-state index in [1.54, 1.807) is 24.3 Å². The molecule has 0 bridgehead atoms. The molecule has 0 atom stereocenters. The number of hydrogen-bond donors (Lipinski definition) is 1. The minimum atomic E-state index is -0.793. The largest absolute Gasteiger partial charge is 0.493 e. The Morgan fingerprint density at radius 1 is 1.03 bits per heavy atom. The molecular formula is C28H25ClN2O5. The zero-order valence-electron chi connectivity index (χ0n) is 20.1. The molecule has 4 rings (SSSR count). The number of carbonyl (C=O) groups excluding carboxylic acids is 3. The van der Waals surface area contributed by atoms with Gasteiger partial charge < -0.3 is 9.47 Å². The van der Waals surface area contributed by atoms with Crippen molar-refractivity contribution in [2.75, 3.05) is 12.0 Å². The molecule has 0 aliphatic carbocycles. The molecule has 0 spiro atoms. The zero-order valence-corrected chi connectivity index (χ0v) is 20.9. The first-order chi connectivity index (χ1) is 17.3. The van der Waals surface area contributed by atoms with Gasteiger partial charge in [0.1, 0.15) is 12.2 Å². The summed E-state index contributed by atoms with van der Waals surface area (Å²) in [5, 5.41) is 2.50. The van der Waals surface area contributed by atoms with Gasteiger partial charge >= 0.3 is 6.03 Å². The lowest BCUT2D eigenvalue weighted by Crippen LogP contribution is -2.54. The molecule has 3 aromatic carbocycles. The Hall–Kier alpha value is -4.10. The third-order valence-electron chi connectivity index (χ3n) is 5.74. The SMILES string of the molecule is CCc1ccccc1N1C(=O)NC(=O)/C(=C/c2cc(Cl)c(OCc3cccc(C)c3)c(OC)c2)C1=O. The van der Waals surface area contributed by atoms with Gasteiger partial charge in [-0.3, -0.25) is 14.9 Å². The normalized spacial score (nSPS) is 14.7. The number of urea groups is 1. The summed E-state index contributed by atoms with van der Waals surface area (Å²) in [6.07, 6.45) is 1.99. The van der Waals surface area contributed by atoms with Gasteiger partial charge in [0.2, 0.25) is 0 Å². The number of anilines is 1. The highest BCUT2D eigenvalue weighted by molar-refractivity contribution is 6.39. The van der Waals surface area contributed by atoms with Crippen LogP contribution in [0.5, 0.6) is 11.5 Å². The quantitative estimate of drug-likeness (QED) is 0.341. The van der Waals surface area contributed by atoms with Crippen LogP contribution in [0.4, 0.5) is 10.5 Å². The summed E-state index contributed by atoms with van der Waals surface area (Å²) in [7, 11) is 1.47. The van der Waals surface area contributed by atoms with Gasteiger partial charge in [-0.25, -0.2) is 9.69 Å². The summed E-state index contributed by atoms with van der Waals surface area (Å²) >= 11 is 6.50. The van der Waals surface area contributed by atoms with E-state index in [9.17, 15) is 14.4 Å². The van der Waals surface area contributed by atoms with Crippen molar-refractivity contribution in [2.24, 2.45) is 0 Å². The second kappa shape index (κ2) is 10.7. The van der Waals surface area contributed by atoms with Gasteiger partial charge in [0, 0.05) is 0 Å². The van der Waals surface area contributed by atoms with Crippen LogP contribution in [0, 0.1) is 6.92 Å². The topological polar surface area (TPSA) is 84.9 Å². The van der Waals surface area contributed by atoms with Crippen LogP contribution in [-0.2, 0) is 22.6 Å². The summed E-state index contributed by atoms with van der Waals surface area (Å²) in [6, 6.07) is 17.4. The Morgan fingerprint density at radius 2 is 1.81 bits per heavy atom. The number of barbiturate groups is 1. The molecule has 0 unspecified atom stereocenters. The number of nitrogens with zero attached hydrogens (tertiary/aromatic N) is 1. The van der Waals surface area contributed by atoms with E-state index >= 15 is 0 Å². The number of hydrogen-bond acceptors (Lipinski definition) is 5. The number of aryl methyl sites for hydroxylation is 2. The van der Waals surface area contributed by atoms with E-state index in [-0.39, 0.29) is 17.2 Å². The van der Waals surface area contributed by atoms with Gasteiger partial charge in [-0.15, -0.1) is 0 Å². The third-order valence-corrected chi connectivity index (χ3v) is 6.02. The summed E-state index contributed by atoms with van der Waals surface area (Å²) in [5.74, 6) is -0.824. The first-order valence-electron chi connectivity index (χ1n) is 11.4. The van der Waals surface area contributed by atoms with Gasteiger partial charge in [0.15, 0.2) is 11.5 Å². The molecule has 0 aromatic heterocycles. The van der Waals surface area contributed by atoms with Gasteiger partial charge in [0.25, 0.3) is 11.8 Å². The molecule has 8 heteroatoms. The van der Waals surface area contributed by atoms with Crippen molar-refractivity contribution >= 4 is 41.2 Å². The van der Waals surface area contributed by atoms with Gasteiger partial charge in [0.05, 0.1) is 17.8 Å². The van der Waals surface area contributed by atoms with Crippen molar-refractivity contribution < 1.29 is 23.9 Å². The molecule has 1 saturated heterocycles. The third kappa shape index (κ3) is 5.11. The van der Waals surface area contributed by atoms with Crippen molar-refractivity contribution in [3.63, 3.8) is 0 Å². The van der Waals surface area contributed by atoms with Gasteiger partial charge in [-0.1, -0.05) is 66.6 Å². The Balaban J connectivity index is 1.66.